The number of nitrogens with one attached hydrogen (secondary N) is 1. The maximum atomic E-state index is 5.98. The van der Waals surface area contributed by atoms with E-state index in [9.17, 15) is 0 Å². The van der Waals surface area contributed by atoms with Crippen LogP contribution in [0.1, 0.15) is 37.9 Å². The van der Waals surface area contributed by atoms with Crippen molar-refractivity contribution < 1.29 is 0 Å². The molecule has 2 aromatic rings. The number of nitrogen functional groups attached to an aromatic ring is 1. The Kier molecular flexibility index (Phi) is 3.29. The molecule has 0 radical (unpaired) electrons. The Labute approximate surface area is 115 Å². The lowest BCUT2D eigenvalue weighted by Gasteiger charge is -2.05. The zero-order valence-corrected chi connectivity index (χ0v) is 12.0. The lowest BCUT2D eigenvalue weighted by atomic mass is 10.0. The van der Waals surface area contributed by atoms with E-state index in [4.69, 9.17) is 5.73 Å². The molecule has 0 bridgehead atoms. The second-order valence-corrected chi connectivity index (χ2v) is 6.18. The third kappa shape index (κ3) is 2.39. The molecule has 0 amide bonds. The summed E-state index contributed by atoms with van der Waals surface area (Å²) in [7, 11) is 0. The van der Waals surface area contributed by atoms with E-state index in [-0.39, 0.29) is 0 Å². The molecule has 0 unspecified atom stereocenters. The number of benzene rings is 1. The van der Waals surface area contributed by atoms with Crippen molar-refractivity contribution in [2.24, 2.45) is 5.92 Å². The van der Waals surface area contributed by atoms with Gasteiger partial charge in [0, 0.05) is 10.9 Å². The van der Waals surface area contributed by atoms with Crippen molar-refractivity contribution in [2.75, 3.05) is 5.73 Å². The fourth-order valence-electron chi connectivity index (χ4n) is 2.92. The first kappa shape index (κ1) is 12.0. The number of nitrogens with two attached hydrogens (primary N) is 1. The van der Waals surface area contributed by atoms with Gasteiger partial charge in [-0.1, -0.05) is 41.6 Å². The number of hydrogen-bond donors (Lipinski definition) is 2. The first-order valence-corrected chi connectivity index (χ1v) is 7.45. The Hall–Kier alpha value is -1.03. The molecule has 1 fully saturated rings. The summed E-state index contributed by atoms with van der Waals surface area (Å²) in [5.41, 5.74) is 8.65. The summed E-state index contributed by atoms with van der Waals surface area (Å²) in [6.07, 6.45) is 7.90. The first-order valence-electron chi connectivity index (χ1n) is 6.66. The minimum atomic E-state index is 0.739. The maximum Gasteiger partial charge on any atom is 0.112 e. The van der Waals surface area contributed by atoms with Crippen LogP contribution < -0.4 is 5.73 Å². The van der Waals surface area contributed by atoms with E-state index in [0.717, 1.165) is 39.4 Å². The molecule has 3 rings (SSSR count). The minimum absolute atomic E-state index is 0.739. The number of halogens is 1. The van der Waals surface area contributed by atoms with Crippen molar-refractivity contribution >= 4 is 32.7 Å². The number of imidazole rings is 1. The van der Waals surface area contributed by atoms with E-state index in [1.807, 2.05) is 12.1 Å². The van der Waals surface area contributed by atoms with Crippen LogP contribution in [0.3, 0.4) is 0 Å². The molecule has 96 valence electrons. The van der Waals surface area contributed by atoms with Gasteiger partial charge < -0.3 is 10.7 Å². The average molecular weight is 308 g/mol. The molecule has 1 heterocycles. The number of anilines is 1. The number of fused-ring (bicyclic) bond motifs is 1. The second-order valence-electron chi connectivity index (χ2n) is 5.26. The third-order valence-corrected chi connectivity index (χ3v) is 4.35. The fraction of sp³-hybridized carbons (Fsp3) is 0.500. The fourth-order valence-corrected chi connectivity index (χ4v) is 3.39. The van der Waals surface area contributed by atoms with Gasteiger partial charge in [-0.05, 0) is 24.5 Å². The molecule has 4 heteroatoms. The molecule has 0 spiro atoms. The smallest absolute Gasteiger partial charge is 0.112 e. The van der Waals surface area contributed by atoms with Crippen molar-refractivity contribution in [3.05, 3.63) is 22.4 Å². The molecular weight excluding hydrogens is 290 g/mol. The summed E-state index contributed by atoms with van der Waals surface area (Å²) in [5, 5.41) is 0. The number of aromatic amines is 1. The van der Waals surface area contributed by atoms with E-state index in [2.05, 4.69) is 25.9 Å². The predicted molar refractivity (Wildman–Crippen MR) is 78.5 cm³/mol. The second kappa shape index (κ2) is 4.92. The summed E-state index contributed by atoms with van der Waals surface area (Å²) in [6.45, 7) is 0. The van der Waals surface area contributed by atoms with E-state index in [1.165, 1.54) is 32.1 Å². The van der Waals surface area contributed by atoms with Crippen LogP contribution in [0.2, 0.25) is 0 Å². The molecule has 1 aromatic carbocycles. The van der Waals surface area contributed by atoms with E-state index in [1.54, 1.807) is 0 Å². The van der Waals surface area contributed by atoms with Crippen LogP contribution in [0, 0.1) is 5.92 Å². The average Bonchev–Trinajstić information content (AvgIpc) is 2.93. The van der Waals surface area contributed by atoms with Crippen molar-refractivity contribution in [1.82, 2.24) is 9.97 Å². The van der Waals surface area contributed by atoms with Gasteiger partial charge >= 0.3 is 0 Å². The van der Waals surface area contributed by atoms with E-state index >= 15 is 0 Å². The van der Waals surface area contributed by atoms with Gasteiger partial charge in [-0.15, -0.1) is 0 Å². The van der Waals surface area contributed by atoms with Crippen LogP contribution in [0.15, 0.2) is 16.6 Å². The Morgan fingerprint density at radius 3 is 2.89 bits per heavy atom. The van der Waals surface area contributed by atoms with Crippen molar-refractivity contribution in [2.45, 2.75) is 38.5 Å². The van der Waals surface area contributed by atoms with Crippen LogP contribution in [-0.2, 0) is 6.42 Å². The molecule has 1 aliphatic rings. The third-order valence-electron chi connectivity index (χ3n) is 3.89. The number of aromatic nitrogens is 2. The predicted octanol–water partition coefficient (Wildman–Crippen LogP) is 4.03. The largest absolute Gasteiger partial charge is 0.397 e. The molecule has 3 nitrogen and oxygen atoms in total. The number of nitrogens with zero attached hydrogens (tertiary/aromatic N) is 1. The zero-order valence-electron chi connectivity index (χ0n) is 10.4. The monoisotopic (exact) mass is 307 g/mol. The van der Waals surface area contributed by atoms with Gasteiger partial charge in [0.1, 0.15) is 11.3 Å². The van der Waals surface area contributed by atoms with Gasteiger partial charge in [-0.3, -0.25) is 0 Å². The molecule has 1 aromatic heterocycles. The van der Waals surface area contributed by atoms with Gasteiger partial charge in [0.05, 0.1) is 11.2 Å². The lowest BCUT2D eigenvalue weighted by molar-refractivity contribution is 0.498. The number of H-pyrrole nitrogens is 1. The first-order chi connectivity index (χ1) is 8.72. The molecule has 0 atom stereocenters. The SMILES string of the molecule is Nc1cc(Br)cc2[nH]c(CCC3CCCC3)nc12. The normalized spacial score (nSPS) is 16.7. The molecule has 0 saturated heterocycles. The standard InChI is InChI=1S/C14H18BrN3/c15-10-7-11(16)14-12(8-10)17-13(18-14)6-5-9-3-1-2-4-9/h7-9H,1-6,16H2,(H,17,18). The Morgan fingerprint density at radius 2 is 2.11 bits per heavy atom. The van der Waals surface area contributed by atoms with Gasteiger partial charge in [0.25, 0.3) is 0 Å². The summed E-state index contributed by atoms with van der Waals surface area (Å²) >= 11 is 3.46. The summed E-state index contributed by atoms with van der Waals surface area (Å²) < 4.78 is 0.999. The van der Waals surface area contributed by atoms with Gasteiger partial charge in [0.15, 0.2) is 0 Å². The maximum absolute atomic E-state index is 5.98. The minimum Gasteiger partial charge on any atom is -0.397 e. The summed E-state index contributed by atoms with van der Waals surface area (Å²) in [5.74, 6) is 1.98. The van der Waals surface area contributed by atoms with E-state index < -0.39 is 0 Å². The molecule has 18 heavy (non-hydrogen) atoms. The Balaban J connectivity index is 1.78. The lowest BCUT2D eigenvalue weighted by Crippen LogP contribution is -1.97. The van der Waals surface area contributed by atoms with Crippen molar-refractivity contribution in [1.29, 1.82) is 0 Å². The molecule has 1 saturated carbocycles. The van der Waals surface area contributed by atoms with Crippen molar-refractivity contribution in [3.8, 4) is 0 Å². The van der Waals surface area contributed by atoms with Gasteiger partial charge in [0.2, 0.25) is 0 Å². The zero-order chi connectivity index (χ0) is 12.5. The van der Waals surface area contributed by atoms with Crippen LogP contribution in [0.5, 0.6) is 0 Å². The highest BCUT2D eigenvalue weighted by molar-refractivity contribution is 9.10. The molecular formula is C14H18BrN3. The highest BCUT2D eigenvalue weighted by atomic mass is 79.9. The van der Waals surface area contributed by atoms with Crippen molar-refractivity contribution in [3.63, 3.8) is 0 Å². The Morgan fingerprint density at radius 1 is 1.33 bits per heavy atom. The quantitative estimate of drug-likeness (QED) is 0.841. The molecule has 0 aliphatic heterocycles. The highest BCUT2D eigenvalue weighted by Gasteiger charge is 2.15. The summed E-state index contributed by atoms with van der Waals surface area (Å²) in [6, 6.07) is 3.95. The number of hydrogen-bond acceptors (Lipinski definition) is 2. The highest BCUT2D eigenvalue weighted by Crippen LogP contribution is 2.29. The van der Waals surface area contributed by atoms with Crippen LogP contribution in [-0.4, -0.2) is 9.97 Å². The molecule has 3 N–H and O–H groups in total. The number of rotatable bonds is 3. The topological polar surface area (TPSA) is 54.7 Å². The Bertz CT molecular complexity index is 555. The summed E-state index contributed by atoms with van der Waals surface area (Å²) in [4.78, 5) is 7.99. The van der Waals surface area contributed by atoms with Crippen LogP contribution in [0.25, 0.3) is 11.0 Å². The van der Waals surface area contributed by atoms with E-state index in [0.29, 0.717) is 0 Å². The van der Waals surface area contributed by atoms with Gasteiger partial charge in [-0.25, -0.2) is 4.98 Å². The molecule has 1 aliphatic carbocycles. The van der Waals surface area contributed by atoms with Gasteiger partial charge in [-0.2, -0.15) is 0 Å². The number of aryl methyl sites for hydroxylation is 1. The van der Waals surface area contributed by atoms with Crippen LogP contribution in [0.4, 0.5) is 5.69 Å². The van der Waals surface area contributed by atoms with Crippen LogP contribution >= 0.6 is 15.9 Å².